The molecule has 4 aromatic carbocycles. The Kier molecular flexibility index (Phi) is 10.9. The predicted octanol–water partition coefficient (Wildman–Crippen LogP) is 8.14. The van der Waals surface area contributed by atoms with Crippen LogP contribution in [0, 0.1) is 0 Å². The molecule has 1 amide bonds. The van der Waals surface area contributed by atoms with E-state index < -0.39 is 17.2 Å². The van der Waals surface area contributed by atoms with Gasteiger partial charge in [-0.3, -0.25) is 33.3 Å². The molecule has 4 aliphatic heterocycles. The second kappa shape index (κ2) is 16.7. The van der Waals surface area contributed by atoms with Crippen molar-refractivity contribution in [2.45, 2.75) is 84.5 Å². The number of ether oxygens (including phenoxy) is 2. The highest BCUT2D eigenvalue weighted by Gasteiger charge is 2.39. The number of Topliss-reactive ketones (excluding diaryl/α,β-unsaturated/α-hetero) is 2. The summed E-state index contributed by atoms with van der Waals surface area (Å²) in [6.45, 7) is 12.5. The molecule has 67 heavy (non-hydrogen) atoms. The number of aliphatic imine (C=N–C) groups is 2. The van der Waals surface area contributed by atoms with E-state index in [1.54, 1.807) is 38.3 Å². The summed E-state index contributed by atoms with van der Waals surface area (Å²) in [6.07, 6.45) is 1.33. The molecule has 0 radical (unpaired) electrons. The van der Waals surface area contributed by atoms with Crippen LogP contribution in [0.1, 0.15) is 84.9 Å². The van der Waals surface area contributed by atoms with Crippen molar-refractivity contribution in [2.24, 2.45) is 9.98 Å². The van der Waals surface area contributed by atoms with Crippen LogP contribution in [-0.4, -0.2) is 119 Å². The van der Waals surface area contributed by atoms with Crippen LogP contribution in [0.15, 0.2) is 101 Å². The van der Waals surface area contributed by atoms with Crippen molar-refractivity contribution in [1.82, 2.24) is 23.8 Å². The highest BCUT2D eigenvalue weighted by molar-refractivity contribution is 6.57. The van der Waals surface area contributed by atoms with Gasteiger partial charge in [-0.15, -0.1) is 0 Å². The molecule has 4 aliphatic rings. The maximum Gasteiger partial charge on any atom is 0.410 e. The van der Waals surface area contributed by atoms with E-state index in [4.69, 9.17) is 14.5 Å². The molecular weight excluding hydrogens is 851 g/mol. The first-order chi connectivity index (χ1) is 32.0. The van der Waals surface area contributed by atoms with Gasteiger partial charge in [-0.1, -0.05) is 54.6 Å². The van der Waals surface area contributed by atoms with E-state index in [0.29, 0.717) is 96.6 Å². The lowest BCUT2D eigenvalue weighted by Crippen LogP contribution is -2.50. The fourth-order valence-electron chi connectivity index (χ4n) is 9.91. The number of rotatable bonds is 10. The molecule has 2 N–H and O–H groups in total. The number of benzene rings is 4. The molecule has 0 aliphatic carbocycles. The Morgan fingerprint density at radius 3 is 1.87 bits per heavy atom. The lowest BCUT2D eigenvalue weighted by molar-refractivity contribution is -0.162. The Bertz CT molecular complexity index is 3090. The molecule has 2 aromatic heterocycles. The number of piperazine rings is 1. The number of fused-ring (bicyclic) bond motifs is 4. The molecule has 10 rings (SSSR count). The topological polar surface area (TPSA) is 171 Å². The summed E-state index contributed by atoms with van der Waals surface area (Å²) in [4.78, 5) is 69.6. The summed E-state index contributed by atoms with van der Waals surface area (Å²) in [7, 11) is 0. The van der Waals surface area contributed by atoms with Gasteiger partial charge in [-0.25, -0.2) is 14.8 Å². The van der Waals surface area contributed by atoms with E-state index in [-0.39, 0.29) is 53.5 Å². The number of hydrogen-bond acceptors (Lipinski definition) is 12. The van der Waals surface area contributed by atoms with Gasteiger partial charge in [0.15, 0.2) is 0 Å². The molecule has 6 aromatic rings. The highest BCUT2D eigenvalue weighted by atomic mass is 16.6. The van der Waals surface area contributed by atoms with Crippen molar-refractivity contribution in [3.8, 4) is 11.8 Å². The SMILES string of the molecule is CC(C)(C)OC(=O)N1CCN(Cn2c(O)c(C3=Nc4cc(CC(C)(C)OC(=O)[C@@H]5CCCN5Cn5c(O)c(C6=Nc7ccccc7C6=O)c6ccccc65)ccc4C3=O)c3ccccc32)CC1. The first kappa shape index (κ1) is 43.8. The summed E-state index contributed by atoms with van der Waals surface area (Å²) in [6, 6.07) is 27.0. The standard InChI is InChI=1S/C52H53N7O8/c1-51(2,3)67-50(65)56-25-23-55(24-26-56)29-58-38-17-10-7-14-34(38)42(47(58)62)44-46(61)33-21-20-31(27-37(33)54-44)28-52(4,5)66-49(64)40-19-12-22-57(40)30-59-39-18-11-8-15-35(39)41(48(59)63)43-45(60)32-13-6-9-16-36(32)53-43/h6-11,13-18,20-21,27,40,62-63H,12,19,22-26,28-30H2,1-5H3/t40-/m0/s1. The number of carbonyl (C=O) groups excluding carboxylic acids is 4. The summed E-state index contributed by atoms with van der Waals surface area (Å²) in [5, 5.41) is 25.0. The molecule has 6 heterocycles. The number of aromatic nitrogens is 2. The molecule has 2 saturated heterocycles. The van der Waals surface area contributed by atoms with Gasteiger partial charge < -0.3 is 24.6 Å². The maximum atomic E-state index is 14.1. The molecule has 2 fully saturated rings. The molecule has 15 nitrogen and oxygen atoms in total. The third-order valence-electron chi connectivity index (χ3n) is 13.0. The van der Waals surface area contributed by atoms with Gasteiger partial charge in [0.2, 0.25) is 23.3 Å². The molecule has 0 saturated carbocycles. The summed E-state index contributed by atoms with van der Waals surface area (Å²) in [5.74, 6) is -1.06. The normalized spacial score (nSPS) is 17.9. The number of nitrogens with zero attached hydrogens (tertiary/aromatic N) is 7. The molecule has 0 bridgehead atoms. The second-order valence-corrected chi connectivity index (χ2v) is 19.4. The van der Waals surface area contributed by atoms with Crippen LogP contribution in [0.4, 0.5) is 16.2 Å². The van der Waals surface area contributed by atoms with Crippen LogP contribution < -0.4 is 0 Å². The van der Waals surface area contributed by atoms with Gasteiger partial charge in [0.25, 0.3) is 0 Å². The molecule has 0 spiro atoms. The van der Waals surface area contributed by atoms with Gasteiger partial charge in [0.05, 0.1) is 46.9 Å². The van der Waals surface area contributed by atoms with Gasteiger partial charge >= 0.3 is 12.1 Å². The Balaban J connectivity index is 0.833. The molecule has 344 valence electrons. The molecule has 15 heteroatoms. The van der Waals surface area contributed by atoms with Gasteiger partial charge in [0.1, 0.15) is 28.7 Å². The van der Waals surface area contributed by atoms with E-state index in [9.17, 15) is 29.4 Å². The fourth-order valence-corrected chi connectivity index (χ4v) is 9.91. The number of para-hydroxylation sites is 3. The maximum absolute atomic E-state index is 14.1. The first-order valence-electron chi connectivity index (χ1n) is 22.8. The minimum absolute atomic E-state index is 0.0604. The molecule has 0 unspecified atom stereocenters. The van der Waals surface area contributed by atoms with Crippen molar-refractivity contribution in [1.29, 1.82) is 0 Å². The van der Waals surface area contributed by atoms with Gasteiger partial charge in [-0.2, -0.15) is 0 Å². The van der Waals surface area contributed by atoms with E-state index >= 15 is 0 Å². The zero-order valence-electron chi connectivity index (χ0n) is 38.3. The van der Waals surface area contributed by atoms with Crippen LogP contribution in [0.25, 0.3) is 21.8 Å². The van der Waals surface area contributed by atoms with E-state index in [1.165, 1.54) is 0 Å². The average molecular weight is 904 g/mol. The van der Waals surface area contributed by atoms with E-state index in [0.717, 1.165) is 23.0 Å². The zero-order chi connectivity index (χ0) is 46.9. The number of amides is 1. The Morgan fingerprint density at radius 2 is 1.24 bits per heavy atom. The lowest BCUT2D eigenvalue weighted by atomic mass is 9.95. The Labute approximate surface area is 387 Å². The second-order valence-electron chi connectivity index (χ2n) is 19.4. The summed E-state index contributed by atoms with van der Waals surface area (Å²) in [5.41, 5.74) is 3.80. The minimum atomic E-state index is -0.940. The van der Waals surface area contributed by atoms with E-state index in [1.807, 2.05) is 106 Å². The van der Waals surface area contributed by atoms with E-state index in [2.05, 4.69) is 9.89 Å². The number of aromatic hydroxyl groups is 2. The van der Waals surface area contributed by atoms with Gasteiger partial charge in [0, 0.05) is 61.0 Å². The van der Waals surface area contributed by atoms with Crippen molar-refractivity contribution in [2.75, 3.05) is 32.7 Å². The largest absolute Gasteiger partial charge is 0.494 e. The predicted molar refractivity (Wildman–Crippen MR) is 254 cm³/mol. The minimum Gasteiger partial charge on any atom is -0.494 e. The fraction of sp³-hybridized carbons (Fsp3) is 0.346. The van der Waals surface area contributed by atoms with Crippen LogP contribution in [0.3, 0.4) is 0 Å². The average Bonchev–Trinajstić information content (AvgIpc) is 4.09. The number of carbonyl (C=O) groups is 4. The zero-order valence-corrected chi connectivity index (χ0v) is 38.3. The van der Waals surface area contributed by atoms with Crippen molar-refractivity contribution in [3.63, 3.8) is 0 Å². The van der Waals surface area contributed by atoms with Crippen molar-refractivity contribution >= 4 is 68.2 Å². The summed E-state index contributed by atoms with van der Waals surface area (Å²) < 4.78 is 15.3. The number of esters is 1. The lowest BCUT2D eigenvalue weighted by Gasteiger charge is -2.35. The quantitative estimate of drug-likeness (QED) is 0.128. The Hall–Kier alpha value is -7.10. The van der Waals surface area contributed by atoms with Gasteiger partial charge in [-0.05, 0) is 89.4 Å². The van der Waals surface area contributed by atoms with Crippen LogP contribution in [0.5, 0.6) is 11.8 Å². The molecule has 1 atom stereocenters. The summed E-state index contributed by atoms with van der Waals surface area (Å²) >= 11 is 0. The highest BCUT2D eigenvalue weighted by Crippen LogP contribution is 2.40. The van der Waals surface area contributed by atoms with Crippen molar-refractivity contribution < 1.29 is 38.9 Å². The number of hydrogen-bond donors (Lipinski definition) is 2. The smallest absolute Gasteiger partial charge is 0.410 e. The molecular formula is C52H53N7O8. The van der Waals surface area contributed by atoms with Crippen molar-refractivity contribution in [3.05, 3.63) is 119 Å². The third kappa shape index (κ3) is 8.05. The van der Waals surface area contributed by atoms with Crippen LogP contribution >= 0.6 is 0 Å². The Morgan fingerprint density at radius 1 is 0.672 bits per heavy atom. The first-order valence-corrected chi connectivity index (χ1v) is 22.8. The van der Waals surface area contributed by atoms with Crippen LogP contribution in [0.2, 0.25) is 0 Å². The number of ketones is 2. The number of likely N-dealkylation sites (tertiary alicyclic amines) is 1. The third-order valence-corrected chi connectivity index (χ3v) is 13.0. The monoisotopic (exact) mass is 903 g/mol. The van der Waals surface area contributed by atoms with Crippen LogP contribution in [-0.2, 0) is 34.0 Å².